The van der Waals surface area contributed by atoms with E-state index in [1.165, 1.54) is 18.2 Å². The first-order valence-corrected chi connectivity index (χ1v) is 10.6. The molecule has 0 radical (unpaired) electrons. The maximum absolute atomic E-state index is 13.3. The van der Waals surface area contributed by atoms with Crippen molar-refractivity contribution in [2.45, 2.75) is 50.4 Å². The summed E-state index contributed by atoms with van der Waals surface area (Å²) in [5.74, 6) is 0.729. The van der Waals surface area contributed by atoms with Crippen molar-refractivity contribution in [1.82, 2.24) is 24.5 Å². The van der Waals surface area contributed by atoms with E-state index in [2.05, 4.69) is 15.1 Å². The molecule has 0 bridgehead atoms. The molecule has 0 spiro atoms. The second kappa shape index (κ2) is 7.91. The quantitative estimate of drug-likeness (QED) is 0.627. The minimum absolute atomic E-state index is 0.145. The fourth-order valence-electron chi connectivity index (χ4n) is 3.56. The molecule has 2 aromatic heterocycles. The van der Waals surface area contributed by atoms with Crippen LogP contribution in [0.15, 0.2) is 35.5 Å². The molecule has 3 heterocycles. The van der Waals surface area contributed by atoms with Gasteiger partial charge in [-0.15, -0.1) is 5.10 Å². The molecule has 1 aliphatic rings. The summed E-state index contributed by atoms with van der Waals surface area (Å²) in [6, 6.07) is 9.93. The minimum Gasteiger partial charge on any atom is -0.341 e. The number of aromatic nitrogens is 4. The van der Waals surface area contributed by atoms with Crippen molar-refractivity contribution < 1.29 is 4.79 Å². The molecular weight excluding hydrogens is 370 g/mol. The van der Waals surface area contributed by atoms with Crippen LogP contribution in [0.2, 0.25) is 0 Å². The van der Waals surface area contributed by atoms with Crippen molar-refractivity contribution in [2.24, 2.45) is 0 Å². The summed E-state index contributed by atoms with van der Waals surface area (Å²) in [7, 11) is 0. The van der Waals surface area contributed by atoms with Crippen molar-refractivity contribution in [2.75, 3.05) is 13.1 Å². The van der Waals surface area contributed by atoms with Gasteiger partial charge in [0, 0.05) is 24.5 Å². The second-order valence-corrected chi connectivity index (χ2v) is 8.38. The molecule has 1 saturated heterocycles. The molecule has 1 atom stereocenters. The zero-order chi connectivity index (χ0) is 19.7. The highest BCUT2D eigenvalue weighted by molar-refractivity contribution is 8.00. The van der Waals surface area contributed by atoms with E-state index in [1.807, 2.05) is 56.0 Å². The Morgan fingerprint density at radius 3 is 2.46 bits per heavy atom. The number of carbonyl (C=O) groups is 1. The minimum atomic E-state index is -0.348. The Hall–Kier alpha value is -2.41. The second-order valence-electron chi connectivity index (χ2n) is 7.31. The summed E-state index contributed by atoms with van der Waals surface area (Å²) in [5.41, 5.74) is 4.08. The number of hydrogen-bond donors (Lipinski definition) is 0. The van der Waals surface area contributed by atoms with Gasteiger partial charge >= 0.3 is 0 Å². The highest BCUT2D eigenvalue weighted by Crippen LogP contribution is 2.36. The van der Waals surface area contributed by atoms with E-state index in [4.69, 9.17) is 0 Å². The number of fused-ring (bicyclic) bond motifs is 1. The Kier molecular flexibility index (Phi) is 5.35. The van der Waals surface area contributed by atoms with Crippen LogP contribution < -0.4 is 0 Å². The predicted octanol–water partition coefficient (Wildman–Crippen LogP) is 3.90. The van der Waals surface area contributed by atoms with Gasteiger partial charge in [-0.05, 0) is 51.2 Å². The molecule has 1 aromatic carbocycles. The number of hydrogen-bond acceptors (Lipinski definition) is 5. The van der Waals surface area contributed by atoms with E-state index in [0.717, 1.165) is 48.4 Å². The third-order valence-corrected chi connectivity index (χ3v) is 6.55. The van der Waals surface area contributed by atoms with Crippen LogP contribution in [0.5, 0.6) is 0 Å². The molecule has 4 rings (SSSR count). The smallest absolute Gasteiger partial charge is 0.253 e. The Labute approximate surface area is 169 Å². The van der Waals surface area contributed by atoms with Crippen molar-refractivity contribution in [3.63, 3.8) is 0 Å². The van der Waals surface area contributed by atoms with Crippen LogP contribution in [-0.4, -0.2) is 43.5 Å². The van der Waals surface area contributed by atoms with E-state index in [0.29, 0.717) is 10.9 Å². The number of benzene rings is 1. The molecule has 3 aromatic rings. The lowest BCUT2D eigenvalue weighted by atomic mass is 10.1. The third kappa shape index (κ3) is 3.63. The lowest BCUT2D eigenvalue weighted by Crippen LogP contribution is -2.38. The van der Waals surface area contributed by atoms with E-state index in [9.17, 15) is 4.79 Å². The van der Waals surface area contributed by atoms with Gasteiger partial charge in [-0.3, -0.25) is 4.79 Å². The maximum Gasteiger partial charge on any atom is 0.253 e. The molecule has 0 aliphatic carbocycles. The summed E-state index contributed by atoms with van der Waals surface area (Å²) >= 11 is 1.42. The first kappa shape index (κ1) is 18.9. The molecule has 1 aliphatic heterocycles. The van der Waals surface area contributed by atoms with Crippen molar-refractivity contribution in [1.29, 1.82) is 0 Å². The van der Waals surface area contributed by atoms with Crippen LogP contribution in [0, 0.1) is 20.8 Å². The highest BCUT2D eigenvalue weighted by atomic mass is 32.2. The maximum atomic E-state index is 13.3. The summed E-state index contributed by atoms with van der Waals surface area (Å²) in [4.78, 5) is 24.5. The normalized spacial score (nSPS) is 15.8. The number of thioether (sulfide) groups is 1. The van der Waals surface area contributed by atoms with Crippen molar-refractivity contribution in [3.8, 4) is 0 Å². The van der Waals surface area contributed by atoms with E-state index < -0.39 is 0 Å². The summed E-state index contributed by atoms with van der Waals surface area (Å²) in [6.45, 7) is 7.71. The average Bonchev–Trinajstić information content (AvgIpc) is 3.14. The number of carbonyl (C=O) groups excluding carboxylic acids is 1. The fourth-order valence-corrected chi connectivity index (χ4v) is 4.58. The van der Waals surface area contributed by atoms with Crippen LogP contribution >= 0.6 is 11.8 Å². The molecule has 7 heteroatoms. The van der Waals surface area contributed by atoms with Crippen molar-refractivity contribution in [3.05, 3.63) is 52.8 Å². The Morgan fingerprint density at radius 2 is 1.75 bits per heavy atom. The molecule has 0 unspecified atom stereocenters. The Morgan fingerprint density at radius 1 is 1.04 bits per heavy atom. The summed E-state index contributed by atoms with van der Waals surface area (Å²) in [5, 5.41) is 4.88. The van der Waals surface area contributed by atoms with E-state index in [1.54, 1.807) is 4.52 Å². The highest BCUT2D eigenvalue weighted by Gasteiger charge is 2.29. The zero-order valence-corrected chi connectivity index (χ0v) is 17.4. The van der Waals surface area contributed by atoms with Gasteiger partial charge in [-0.25, -0.2) is 9.50 Å². The molecule has 1 amide bonds. The zero-order valence-electron chi connectivity index (χ0n) is 16.6. The lowest BCUT2D eigenvalue weighted by Gasteiger charge is -2.30. The van der Waals surface area contributed by atoms with Gasteiger partial charge in [-0.2, -0.15) is 4.98 Å². The molecule has 6 nitrogen and oxygen atoms in total. The number of aryl methyl sites for hydroxylation is 2. The molecule has 0 saturated carbocycles. The van der Waals surface area contributed by atoms with Gasteiger partial charge < -0.3 is 4.90 Å². The number of nitrogens with zero attached hydrogens (tertiary/aromatic N) is 5. The predicted molar refractivity (Wildman–Crippen MR) is 110 cm³/mol. The largest absolute Gasteiger partial charge is 0.341 e. The number of rotatable bonds is 4. The molecule has 1 fully saturated rings. The molecule has 28 heavy (non-hydrogen) atoms. The van der Waals surface area contributed by atoms with E-state index in [-0.39, 0.29) is 11.2 Å². The topological polar surface area (TPSA) is 63.4 Å². The SMILES string of the molecule is Cc1nc2nc(S[C@H](C(=O)N3CCCCC3)c3ccccc3)nn2c(C)c1C. The average molecular weight is 396 g/mol. The molecular formula is C21H25N5OS. The standard InChI is InChI=1S/C21H25N5OS/c1-14-15(2)22-20-23-21(24-26(20)16(14)3)28-18(17-10-6-4-7-11-17)19(27)25-12-8-5-9-13-25/h4,6-7,10-11,18H,5,8-9,12-13H2,1-3H3/t18-/m0/s1. The van der Waals surface area contributed by atoms with Crippen LogP contribution in [-0.2, 0) is 4.79 Å². The first-order chi connectivity index (χ1) is 13.5. The number of amides is 1. The van der Waals surface area contributed by atoms with Gasteiger partial charge in [0.2, 0.25) is 11.1 Å². The van der Waals surface area contributed by atoms with E-state index >= 15 is 0 Å². The Balaban J connectivity index is 1.68. The van der Waals surface area contributed by atoms with Gasteiger partial charge in [0.25, 0.3) is 5.78 Å². The van der Waals surface area contributed by atoms with Crippen LogP contribution in [0.25, 0.3) is 5.78 Å². The van der Waals surface area contributed by atoms with Gasteiger partial charge in [0.05, 0.1) is 0 Å². The summed E-state index contributed by atoms with van der Waals surface area (Å²) < 4.78 is 1.78. The van der Waals surface area contributed by atoms with Crippen LogP contribution in [0.3, 0.4) is 0 Å². The number of piperidine rings is 1. The van der Waals surface area contributed by atoms with Crippen LogP contribution in [0.4, 0.5) is 0 Å². The monoisotopic (exact) mass is 395 g/mol. The molecule has 146 valence electrons. The first-order valence-electron chi connectivity index (χ1n) is 9.75. The van der Waals surface area contributed by atoms with Crippen LogP contribution in [0.1, 0.15) is 47.0 Å². The van der Waals surface area contributed by atoms with Gasteiger partial charge in [-0.1, -0.05) is 42.1 Å². The summed E-state index contributed by atoms with van der Waals surface area (Å²) in [6.07, 6.45) is 3.35. The van der Waals surface area contributed by atoms with Gasteiger partial charge in [0.1, 0.15) is 5.25 Å². The van der Waals surface area contributed by atoms with Gasteiger partial charge in [0.15, 0.2) is 0 Å². The number of likely N-dealkylation sites (tertiary alicyclic amines) is 1. The van der Waals surface area contributed by atoms with Crippen molar-refractivity contribution >= 4 is 23.4 Å². The lowest BCUT2D eigenvalue weighted by molar-refractivity contribution is -0.131. The fraction of sp³-hybridized carbons (Fsp3) is 0.429. The Bertz CT molecular complexity index is 995. The molecule has 0 N–H and O–H groups in total. The third-order valence-electron chi connectivity index (χ3n) is 5.46.